The van der Waals surface area contributed by atoms with Gasteiger partial charge in [-0.3, -0.25) is 0 Å². The lowest BCUT2D eigenvalue weighted by molar-refractivity contribution is -0.139. The Labute approximate surface area is 195 Å². The van der Waals surface area contributed by atoms with E-state index in [1.54, 1.807) is 25.1 Å². The van der Waals surface area contributed by atoms with Crippen molar-refractivity contribution in [1.29, 1.82) is 5.26 Å². The molecule has 0 saturated carbocycles. The first-order valence-corrected chi connectivity index (χ1v) is 11.2. The highest BCUT2D eigenvalue weighted by Crippen LogP contribution is 2.44. The lowest BCUT2D eigenvalue weighted by atomic mass is 9.83. The Bertz CT molecular complexity index is 1100. The van der Waals surface area contributed by atoms with Crippen molar-refractivity contribution in [2.24, 2.45) is 5.73 Å². The average molecular weight is 475 g/mol. The van der Waals surface area contributed by atoms with Crippen molar-refractivity contribution in [3.8, 4) is 6.07 Å². The minimum Gasteiger partial charge on any atom is -0.463 e. The van der Waals surface area contributed by atoms with Crippen molar-refractivity contribution in [2.45, 2.75) is 24.7 Å². The minimum absolute atomic E-state index is 0.0731. The van der Waals surface area contributed by atoms with Gasteiger partial charge in [-0.1, -0.05) is 53.0 Å². The van der Waals surface area contributed by atoms with Gasteiger partial charge in [-0.25, -0.2) is 4.79 Å². The quantitative estimate of drug-likeness (QED) is 0.425. The zero-order valence-electron chi connectivity index (χ0n) is 16.9. The summed E-state index contributed by atoms with van der Waals surface area (Å²) in [5.41, 5.74) is 7.98. The molecule has 0 aliphatic carbocycles. The minimum atomic E-state index is -0.849. The van der Waals surface area contributed by atoms with Crippen molar-refractivity contribution < 1.29 is 14.3 Å². The van der Waals surface area contributed by atoms with Gasteiger partial charge in [0.15, 0.2) is 0 Å². The molecule has 2 aromatic carbocycles. The standard InChI is InChI=1S/C23H20Cl2N2O3S/c1-3-29-23(28)20-18(12-31-14-9-7-13(2)8-10-14)30-22(27)16(11-26)19(20)15-5-4-6-17(24)21(15)25/h4-10,19H,3,12,27H2,1-2H3. The van der Waals surface area contributed by atoms with Crippen LogP contribution in [0.4, 0.5) is 0 Å². The molecule has 0 bridgehead atoms. The van der Waals surface area contributed by atoms with Crippen LogP contribution in [0.5, 0.6) is 0 Å². The third kappa shape index (κ3) is 5.01. The number of benzene rings is 2. The van der Waals surface area contributed by atoms with Crippen molar-refractivity contribution in [1.82, 2.24) is 0 Å². The monoisotopic (exact) mass is 474 g/mol. The number of carbonyl (C=O) groups is 1. The number of hydrogen-bond acceptors (Lipinski definition) is 6. The highest BCUT2D eigenvalue weighted by molar-refractivity contribution is 7.99. The number of allylic oxidation sites excluding steroid dienone is 1. The summed E-state index contributed by atoms with van der Waals surface area (Å²) in [6, 6.07) is 15.1. The Morgan fingerprint density at radius 3 is 2.61 bits per heavy atom. The number of nitriles is 1. The number of esters is 1. The predicted molar refractivity (Wildman–Crippen MR) is 123 cm³/mol. The molecule has 3 rings (SSSR count). The van der Waals surface area contributed by atoms with E-state index in [4.69, 9.17) is 38.4 Å². The van der Waals surface area contributed by atoms with Crippen LogP contribution in [0.3, 0.4) is 0 Å². The first kappa shape index (κ1) is 23.1. The van der Waals surface area contributed by atoms with Crippen molar-refractivity contribution in [2.75, 3.05) is 12.4 Å². The Balaban J connectivity index is 2.11. The highest BCUT2D eigenvalue weighted by Gasteiger charge is 2.38. The fraction of sp³-hybridized carbons (Fsp3) is 0.217. The van der Waals surface area contributed by atoms with Gasteiger partial charge >= 0.3 is 5.97 Å². The van der Waals surface area contributed by atoms with Crippen LogP contribution in [0.25, 0.3) is 0 Å². The second kappa shape index (κ2) is 10.1. The molecule has 1 atom stereocenters. The molecule has 0 fully saturated rings. The topological polar surface area (TPSA) is 85.3 Å². The van der Waals surface area contributed by atoms with E-state index >= 15 is 0 Å². The second-order valence-corrected chi connectivity index (χ2v) is 8.56. The molecule has 0 aromatic heterocycles. The molecule has 0 amide bonds. The van der Waals surface area contributed by atoms with E-state index in [1.165, 1.54) is 11.8 Å². The van der Waals surface area contributed by atoms with E-state index in [0.717, 1.165) is 10.5 Å². The lowest BCUT2D eigenvalue weighted by Crippen LogP contribution is -2.27. The van der Waals surface area contributed by atoms with Gasteiger partial charge < -0.3 is 15.2 Å². The molecule has 1 unspecified atom stereocenters. The molecule has 1 aliphatic rings. The summed E-state index contributed by atoms with van der Waals surface area (Å²) in [6.07, 6.45) is 0. The van der Waals surface area contributed by atoms with Crippen LogP contribution in [0.2, 0.25) is 10.0 Å². The average Bonchev–Trinajstić information content (AvgIpc) is 2.75. The molecule has 2 aromatic rings. The van der Waals surface area contributed by atoms with E-state index in [9.17, 15) is 10.1 Å². The lowest BCUT2D eigenvalue weighted by Gasteiger charge is -2.28. The van der Waals surface area contributed by atoms with E-state index in [2.05, 4.69) is 6.07 Å². The maximum Gasteiger partial charge on any atom is 0.338 e. The maximum atomic E-state index is 13.0. The summed E-state index contributed by atoms with van der Waals surface area (Å²) < 4.78 is 11.0. The zero-order valence-corrected chi connectivity index (χ0v) is 19.3. The normalized spacial score (nSPS) is 16.0. The van der Waals surface area contributed by atoms with Crippen LogP contribution in [-0.2, 0) is 14.3 Å². The number of halogens is 2. The number of carbonyl (C=O) groups excluding carboxylic acids is 1. The van der Waals surface area contributed by atoms with Gasteiger partial charge in [-0.2, -0.15) is 5.26 Å². The van der Waals surface area contributed by atoms with Crippen molar-refractivity contribution in [3.05, 3.63) is 86.4 Å². The van der Waals surface area contributed by atoms with Crippen LogP contribution in [-0.4, -0.2) is 18.3 Å². The molecule has 8 heteroatoms. The molecule has 1 aliphatic heterocycles. The highest BCUT2D eigenvalue weighted by atomic mass is 35.5. The smallest absolute Gasteiger partial charge is 0.338 e. The zero-order chi connectivity index (χ0) is 22.5. The molecule has 160 valence electrons. The molecule has 0 radical (unpaired) electrons. The van der Waals surface area contributed by atoms with E-state index in [0.29, 0.717) is 22.1 Å². The summed E-state index contributed by atoms with van der Waals surface area (Å²) in [5, 5.41) is 10.3. The number of hydrogen-bond donors (Lipinski definition) is 1. The van der Waals surface area contributed by atoms with Gasteiger partial charge in [0.1, 0.15) is 17.4 Å². The summed E-state index contributed by atoms with van der Waals surface area (Å²) in [4.78, 5) is 14.0. The fourth-order valence-corrected chi connectivity index (χ4v) is 4.45. The number of aryl methyl sites for hydroxylation is 1. The largest absolute Gasteiger partial charge is 0.463 e. The van der Waals surface area contributed by atoms with Crippen LogP contribution in [0.1, 0.15) is 24.0 Å². The number of nitrogens with zero attached hydrogens (tertiary/aromatic N) is 1. The van der Waals surface area contributed by atoms with E-state index < -0.39 is 11.9 Å². The van der Waals surface area contributed by atoms with Crippen molar-refractivity contribution in [3.63, 3.8) is 0 Å². The van der Waals surface area contributed by atoms with Gasteiger partial charge in [-0.05, 0) is 37.6 Å². The first-order chi connectivity index (χ1) is 14.9. The van der Waals surface area contributed by atoms with Gasteiger partial charge in [0.05, 0.1) is 33.9 Å². The van der Waals surface area contributed by atoms with Gasteiger partial charge in [-0.15, -0.1) is 11.8 Å². The van der Waals surface area contributed by atoms with Gasteiger partial charge in [0.25, 0.3) is 0 Å². The molecular formula is C23H20Cl2N2O3S. The van der Waals surface area contributed by atoms with Crippen LogP contribution in [0, 0.1) is 18.3 Å². The summed E-state index contributed by atoms with van der Waals surface area (Å²) in [5.74, 6) is -0.885. The Kier molecular flexibility index (Phi) is 7.55. The Morgan fingerprint density at radius 2 is 1.97 bits per heavy atom. The van der Waals surface area contributed by atoms with Crippen molar-refractivity contribution >= 4 is 40.9 Å². The summed E-state index contributed by atoms with van der Waals surface area (Å²) in [7, 11) is 0. The Hall–Kier alpha value is -2.59. The van der Waals surface area contributed by atoms with Crippen LogP contribution in [0.15, 0.2) is 70.1 Å². The van der Waals surface area contributed by atoms with Crippen LogP contribution < -0.4 is 5.73 Å². The Morgan fingerprint density at radius 1 is 1.26 bits per heavy atom. The summed E-state index contributed by atoms with van der Waals surface area (Å²) in [6.45, 7) is 3.88. The number of ether oxygens (including phenoxy) is 2. The molecule has 0 saturated heterocycles. The van der Waals surface area contributed by atoms with E-state index in [-0.39, 0.29) is 28.7 Å². The number of rotatable bonds is 6. The molecular weight excluding hydrogens is 455 g/mol. The molecule has 5 nitrogen and oxygen atoms in total. The number of nitrogens with two attached hydrogens (primary N) is 1. The predicted octanol–water partition coefficient (Wildman–Crippen LogP) is 5.72. The number of thioether (sulfide) groups is 1. The first-order valence-electron chi connectivity index (χ1n) is 9.48. The third-order valence-electron chi connectivity index (χ3n) is 4.68. The molecule has 2 N–H and O–H groups in total. The summed E-state index contributed by atoms with van der Waals surface area (Å²) >= 11 is 14.1. The van der Waals surface area contributed by atoms with Crippen LogP contribution >= 0.6 is 35.0 Å². The van der Waals surface area contributed by atoms with Gasteiger partial charge in [0, 0.05) is 4.90 Å². The SMILES string of the molecule is CCOC(=O)C1=C(CSc2ccc(C)cc2)OC(N)=C(C#N)C1c1cccc(Cl)c1Cl. The van der Waals surface area contributed by atoms with Gasteiger partial charge in [0.2, 0.25) is 5.88 Å². The van der Waals surface area contributed by atoms with E-state index in [1.807, 2.05) is 31.2 Å². The maximum absolute atomic E-state index is 13.0. The second-order valence-electron chi connectivity index (χ2n) is 6.73. The fourth-order valence-electron chi connectivity index (χ4n) is 3.20. The molecule has 1 heterocycles. The molecule has 31 heavy (non-hydrogen) atoms. The third-order valence-corrected chi connectivity index (χ3v) is 6.52. The molecule has 0 spiro atoms.